The molecule has 2 aromatic carbocycles. The SMILES string of the molecule is O=C(N/N=C/c1ccc(-c2cc([N+](=O)[O-])ccc2Cl)o1)c1cc(Br)ccc1O. The molecule has 0 atom stereocenters. The highest BCUT2D eigenvalue weighted by Gasteiger charge is 2.14. The van der Waals surface area contributed by atoms with Crippen molar-refractivity contribution in [3.63, 3.8) is 0 Å². The molecule has 1 amide bonds. The summed E-state index contributed by atoms with van der Waals surface area (Å²) in [6.07, 6.45) is 1.25. The Labute approximate surface area is 171 Å². The first kappa shape index (κ1) is 19.6. The fourth-order valence-corrected chi connectivity index (χ4v) is 2.86. The number of benzene rings is 2. The van der Waals surface area contributed by atoms with Gasteiger partial charge < -0.3 is 9.52 Å². The number of hydrogen-bond acceptors (Lipinski definition) is 6. The van der Waals surface area contributed by atoms with Gasteiger partial charge in [-0.1, -0.05) is 27.5 Å². The number of carbonyl (C=O) groups excluding carboxylic acids is 1. The highest BCUT2D eigenvalue weighted by Crippen LogP contribution is 2.32. The van der Waals surface area contributed by atoms with Crippen LogP contribution in [0.4, 0.5) is 5.69 Å². The number of nitrogens with zero attached hydrogens (tertiary/aromatic N) is 2. The van der Waals surface area contributed by atoms with Gasteiger partial charge in [-0.15, -0.1) is 0 Å². The molecule has 3 aromatic rings. The van der Waals surface area contributed by atoms with Crippen molar-refractivity contribution in [3.8, 4) is 17.1 Å². The average molecular weight is 465 g/mol. The molecule has 0 saturated heterocycles. The van der Waals surface area contributed by atoms with Gasteiger partial charge in [0.05, 0.1) is 21.7 Å². The third-order valence-corrected chi connectivity index (χ3v) is 4.44. The van der Waals surface area contributed by atoms with Crippen molar-refractivity contribution in [2.45, 2.75) is 0 Å². The van der Waals surface area contributed by atoms with Crippen LogP contribution in [0, 0.1) is 10.1 Å². The van der Waals surface area contributed by atoms with E-state index in [2.05, 4.69) is 26.5 Å². The minimum atomic E-state index is -0.608. The van der Waals surface area contributed by atoms with Crippen LogP contribution >= 0.6 is 27.5 Å². The van der Waals surface area contributed by atoms with Gasteiger partial charge in [-0.25, -0.2) is 5.43 Å². The molecule has 142 valence electrons. The first-order valence-corrected chi connectivity index (χ1v) is 8.88. The number of hydrogen-bond donors (Lipinski definition) is 2. The fraction of sp³-hybridized carbons (Fsp3) is 0. The molecule has 0 radical (unpaired) electrons. The Bertz CT molecular complexity index is 1100. The van der Waals surface area contributed by atoms with Gasteiger partial charge in [0.2, 0.25) is 0 Å². The number of hydrazone groups is 1. The second kappa shape index (κ2) is 8.24. The van der Waals surface area contributed by atoms with Gasteiger partial charge in [-0.05, 0) is 36.4 Å². The van der Waals surface area contributed by atoms with Crippen LogP contribution in [0.1, 0.15) is 16.1 Å². The third kappa shape index (κ3) is 4.38. The molecule has 8 nitrogen and oxygen atoms in total. The van der Waals surface area contributed by atoms with Gasteiger partial charge in [-0.2, -0.15) is 5.10 Å². The minimum absolute atomic E-state index is 0.0510. The molecular formula is C18H11BrClN3O5. The molecule has 0 spiro atoms. The summed E-state index contributed by atoms with van der Waals surface area (Å²) in [5.41, 5.74) is 2.57. The zero-order valence-electron chi connectivity index (χ0n) is 13.9. The number of phenols is 1. The highest BCUT2D eigenvalue weighted by atomic mass is 79.9. The number of rotatable bonds is 5. The Balaban J connectivity index is 1.74. The number of aromatic hydroxyl groups is 1. The van der Waals surface area contributed by atoms with E-state index in [0.717, 1.165) is 0 Å². The summed E-state index contributed by atoms with van der Waals surface area (Å²) in [6.45, 7) is 0. The summed E-state index contributed by atoms with van der Waals surface area (Å²) in [5, 5.41) is 24.7. The van der Waals surface area contributed by atoms with Crippen molar-refractivity contribution in [1.82, 2.24) is 5.43 Å². The third-order valence-electron chi connectivity index (χ3n) is 3.61. The zero-order chi connectivity index (χ0) is 20.3. The number of carbonyl (C=O) groups is 1. The molecule has 0 bridgehead atoms. The lowest BCUT2D eigenvalue weighted by molar-refractivity contribution is -0.384. The Kier molecular flexibility index (Phi) is 5.76. The lowest BCUT2D eigenvalue weighted by Crippen LogP contribution is -2.17. The summed E-state index contributed by atoms with van der Waals surface area (Å²) < 4.78 is 6.18. The van der Waals surface area contributed by atoms with Gasteiger partial charge >= 0.3 is 0 Å². The van der Waals surface area contributed by atoms with E-state index in [1.165, 1.54) is 36.5 Å². The van der Waals surface area contributed by atoms with Crippen molar-refractivity contribution in [2.75, 3.05) is 0 Å². The maximum atomic E-state index is 12.1. The molecule has 0 unspecified atom stereocenters. The van der Waals surface area contributed by atoms with Gasteiger partial charge in [0.25, 0.3) is 11.6 Å². The van der Waals surface area contributed by atoms with Crippen molar-refractivity contribution >= 4 is 45.3 Å². The van der Waals surface area contributed by atoms with Gasteiger partial charge in [0, 0.05) is 22.2 Å². The number of furan rings is 1. The second-order valence-corrected chi connectivity index (χ2v) is 6.81. The minimum Gasteiger partial charge on any atom is -0.507 e. The van der Waals surface area contributed by atoms with E-state index in [9.17, 15) is 20.0 Å². The predicted octanol–water partition coefficient (Wildman–Crippen LogP) is 4.74. The number of nitrogens with one attached hydrogen (secondary N) is 1. The van der Waals surface area contributed by atoms with Crippen LogP contribution in [0.15, 0.2) is 62.5 Å². The smallest absolute Gasteiger partial charge is 0.275 e. The number of non-ortho nitro benzene ring substituents is 1. The van der Waals surface area contributed by atoms with Crippen LogP contribution in [-0.2, 0) is 0 Å². The van der Waals surface area contributed by atoms with Crippen LogP contribution in [0.5, 0.6) is 5.75 Å². The first-order valence-electron chi connectivity index (χ1n) is 7.71. The van der Waals surface area contributed by atoms with Crippen LogP contribution in [-0.4, -0.2) is 22.2 Å². The van der Waals surface area contributed by atoms with E-state index in [1.807, 2.05) is 0 Å². The molecule has 3 rings (SSSR count). The van der Waals surface area contributed by atoms with E-state index in [1.54, 1.807) is 18.2 Å². The predicted molar refractivity (Wildman–Crippen MR) is 107 cm³/mol. The first-order chi connectivity index (χ1) is 13.3. The summed E-state index contributed by atoms with van der Waals surface area (Å²) in [5.74, 6) is -0.192. The summed E-state index contributed by atoms with van der Waals surface area (Å²) in [4.78, 5) is 22.5. The molecule has 0 aliphatic heterocycles. The number of phenolic OH excluding ortho intramolecular Hbond substituents is 1. The van der Waals surface area contributed by atoms with Gasteiger partial charge in [-0.3, -0.25) is 14.9 Å². The molecule has 0 fully saturated rings. The Morgan fingerprint density at radius 3 is 2.79 bits per heavy atom. The summed E-state index contributed by atoms with van der Waals surface area (Å²) >= 11 is 9.30. The lowest BCUT2D eigenvalue weighted by atomic mass is 10.1. The van der Waals surface area contributed by atoms with Crippen molar-refractivity contribution < 1.29 is 19.2 Å². The normalized spacial score (nSPS) is 10.9. The van der Waals surface area contributed by atoms with E-state index in [-0.39, 0.29) is 22.8 Å². The molecule has 0 saturated carbocycles. The van der Waals surface area contributed by atoms with E-state index >= 15 is 0 Å². The van der Waals surface area contributed by atoms with Crippen LogP contribution in [0.3, 0.4) is 0 Å². The molecule has 0 aliphatic carbocycles. The second-order valence-electron chi connectivity index (χ2n) is 5.48. The van der Waals surface area contributed by atoms with E-state index in [4.69, 9.17) is 16.0 Å². The van der Waals surface area contributed by atoms with Crippen molar-refractivity contribution in [2.24, 2.45) is 5.10 Å². The van der Waals surface area contributed by atoms with Gasteiger partial charge in [0.1, 0.15) is 17.3 Å². The topological polar surface area (TPSA) is 118 Å². The van der Waals surface area contributed by atoms with E-state index < -0.39 is 10.8 Å². The van der Waals surface area contributed by atoms with Crippen LogP contribution in [0.2, 0.25) is 5.02 Å². The molecule has 1 heterocycles. The Morgan fingerprint density at radius 2 is 2.04 bits per heavy atom. The van der Waals surface area contributed by atoms with Crippen molar-refractivity contribution in [3.05, 3.63) is 79.5 Å². The summed E-state index contributed by atoms with van der Waals surface area (Å²) in [6, 6.07) is 11.6. The Morgan fingerprint density at radius 1 is 1.25 bits per heavy atom. The molecule has 1 aromatic heterocycles. The largest absolute Gasteiger partial charge is 0.507 e. The quantitative estimate of drug-likeness (QED) is 0.321. The number of amides is 1. The lowest BCUT2D eigenvalue weighted by Gasteiger charge is -2.03. The van der Waals surface area contributed by atoms with E-state index in [0.29, 0.717) is 20.8 Å². The average Bonchev–Trinajstić information content (AvgIpc) is 3.12. The maximum absolute atomic E-state index is 12.1. The number of halogens is 2. The Hall–Kier alpha value is -3.17. The number of nitro benzene ring substituents is 1. The highest BCUT2D eigenvalue weighted by molar-refractivity contribution is 9.10. The zero-order valence-corrected chi connectivity index (χ0v) is 16.3. The summed E-state index contributed by atoms with van der Waals surface area (Å²) in [7, 11) is 0. The monoisotopic (exact) mass is 463 g/mol. The van der Waals surface area contributed by atoms with Crippen LogP contribution < -0.4 is 5.43 Å². The van der Waals surface area contributed by atoms with Crippen LogP contribution in [0.25, 0.3) is 11.3 Å². The number of nitro groups is 1. The molecule has 0 aliphatic rings. The molecule has 28 heavy (non-hydrogen) atoms. The molecule has 2 N–H and O–H groups in total. The standard InChI is InChI=1S/C18H11BrClN3O5/c19-10-1-5-16(24)14(7-10)18(25)22-21-9-12-3-6-17(28-12)13-8-11(23(26)27)2-4-15(13)20/h1-9,24H,(H,22,25)/b21-9+. The maximum Gasteiger partial charge on any atom is 0.275 e. The molecular weight excluding hydrogens is 454 g/mol. The van der Waals surface area contributed by atoms with Gasteiger partial charge in [0.15, 0.2) is 0 Å². The van der Waals surface area contributed by atoms with Crippen molar-refractivity contribution in [1.29, 1.82) is 0 Å². The fourth-order valence-electron chi connectivity index (χ4n) is 2.29. The molecule has 10 heteroatoms.